The summed E-state index contributed by atoms with van der Waals surface area (Å²) in [7, 11) is 0. The first-order valence-electron chi connectivity index (χ1n) is 7.43. The minimum Gasteiger partial charge on any atom is -0.466 e. The molecule has 1 heterocycles. The SMILES string of the molecule is Cc1ccccc1CNC(=O)[C@@]1(C)Oc2ccccc2NC1=O. The first-order chi connectivity index (χ1) is 11.0. The molecule has 1 aliphatic rings. The lowest BCUT2D eigenvalue weighted by molar-refractivity contribution is -0.146. The highest BCUT2D eigenvalue weighted by molar-refractivity contribution is 6.15. The lowest BCUT2D eigenvalue weighted by atomic mass is 10.0. The van der Waals surface area contributed by atoms with Gasteiger partial charge in [-0.1, -0.05) is 36.4 Å². The first kappa shape index (κ1) is 15.1. The quantitative estimate of drug-likeness (QED) is 0.856. The van der Waals surface area contributed by atoms with Crippen molar-refractivity contribution < 1.29 is 14.3 Å². The van der Waals surface area contributed by atoms with Crippen LogP contribution < -0.4 is 15.4 Å². The van der Waals surface area contributed by atoms with E-state index in [1.807, 2.05) is 31.2 Å². The predicted molar refractivity (Wildman–Crippen MR) is 87.1 cm³/mol. The van der Waals surface area contributed by atoms with Gasteiger partial charge in [0, 0.05) is 6.54 Å². The van der Waals surface area contributed by atoms with Gasteiger partial charge in [0.25, 0.3) is 17.4 Å². The molecule has 1 atom stereocenters. The summed E-state index contributed by atoms with van der Waals surface area (Å²) in [5, 5.41) is 5.50. The van der Waals surface area contributed by atoms with Gasteiger partial charge in [-0.05, 0) is 37.1 Å². The van der Waals surface area contributed by atoms with E-state index in [9.17, 15) is 9.59 Å². The minimum atomic E-state index is -1.59. The van der Waals surface area contributed by atoms with Crippen LogP contribution in [0.5, 0.6) is 5.75 Å². The van der Waals surface area contributed by atoms with E-state index in [1.54, 1.807) is 24.3 Å². The van der Waals surface area contributed by atoms with Gasteiger partial charge >= 0.3 is 0 Å². The fourth-order valence-electron chi connectivity index (χ4n) is 2.47. The Labute approximate surface area is 134 Å². The van der Waals surface area contributed by atoms with Gasteiger partial charge in [-0.25, -0.2) is 0 Å². The third-order valence-corrected chi connectivity index (χ3v) is 4.02. The molecule has 2 aromatic rings. The maximum Gasteiger partial charge on any atom is 0.278 e. The second-order valence-electron chi connectivity index (χ2n) is 5.69. The minimum absolute atomic E-state index is 0.347. The number of carbonyl (C=O) groups is 2. The van der Waals surface area contributed by atoms with E-state index in [1.165, 1.54) is 6.92 Å². The van der Waals surface area contributed by atoms with Crippen LogP contribution in [-0.2, 0) is 16.1 Å². The molecule has 0 unspecified atom stereocenters. The van der Waals surface area contributed by atoms with Gasteiger partial charge < -0.3 is 15.4 Å². The molecule has 23 heavy (non-hydrogen) atoms. The maximum absolute atomic E-state index is 12.5. The van der Waals surface area contributed by atoms with E-state index in [0.29, 0.717) is 18.0 Å². The number of aryl methyl sites for hydroxylation is 1. The summed E-state index contributed by atoms with van der Waals surface area (Å²) in [5.41, 5.74) is 1.07. The molecule has 0 bridgehead atoms. The van der Waals surface area contributed by atoms with E-state index in [4.69, 9.17) is 4.74 Å². The molecule has 0 saturated carbocycles. The van der Waals surface area contributed by atoms with Gasteiger partial charge in [0.05, 0.1) is 5.69 Å². The van der Waals surface area contributed by atoms with Crippen molar-refractivity contribution in [1.82, 2.24) is 5.32 Å². The Morgan fingerprint density at radius 3 is 2.65 bits per heavy atom. The normalized spacial score (nSPS) is 19.3. The van der Waals surface area contributed by atoms with Gasteiger partial charge in [0.2, 0.25) is 0 Å². The number of anilines is 1. The zero-order valence-electron chi connectivity index (χ0n) is 13.1. The zero-order chi connectivity index (χ0) is 16.4. The molecule has 2 N–H and O–H groups in total. The average molecular weight is 310 g/mol. The molecule has 5 nitrogen and oxygen atoms in total. The molecule has 3 rings (SSSR count). The van der Waals surface area contributed by atoms with Gasteiger partial charge in [-0.15, -0.1) is 0 Å². The van der Waals surface area contributed by atoms with Gasteiger partial charge in [-0.2, -0.15) is 0 Å². The summed E-state index contributed by atoms with van der Waals surface area (Å²) in [6.45, 7) is 3.80. The largest absolute Gasteiger partial charge is 0.466 e. The third-order valence-electron chi connectivity index (χ3n) is 4.02. The van der Waals surface area contributed by atoms with Crippen LogP contribution in [0.15, 0.2) is 48.5 Å². The molecule has 0 radical (unpaired) electrons. The summed E-state index contributed by atoms with van der Waals surface area (Å²) >= 11 is 0. The van der Waals surface area contributed by atoms with Crippen molar-refractivity contribution in [1.29, 1.82) is 0 Å². The lowest BCUT2D eigenvalue weighted by Crippen LogP contribution is -2.58. The maximum atomic E-state index is 12.5. The van der Waals surface area contributed by atoms with Gasteiger partial charge in [0.1, 0.15) is 5.75 Å². The van der Waals surface area contributed by atoms with Crippen LogP contribution >= 0.6 is 0 Å². The Hall–Kier alpha value is -2.82. The molecule has 2 aromatic carbocycles. The standard InChI is InChI=1S/C18H18N2O3/c1-12-7-3-4-8-13(12)11-19-16(21)18(2)17(22)20-14-9-5-6-10-15(14)23-18/h3-10H,11H2,1-2H3,(H,19,21)(H,20,22)/t18-/m1/s1. The summed E-state index contributed by atoms with van der Waals surface area (Å²) in [6.07, 6.45) is 0. The predicted octanol–water partition coefficient (Wildman–Crippen LogP) is 2.40. The van der Waals surface area contributed by atoms with Crippen molar-refractivity contribution in [3.05, 3.63) is 59.7 Å². The smallest absolute Gasteiger partial charge is 0.278 e. The van der Waals surface area contributed by atoms with Crippen LogP contribution in [0.4, 0.5) is 5.69 Å². The van der Waals surface area contributed by atoms with Crippen molar-refractivity contribution in [3.8, 4) is 5.75 Å². The van der Waals surface area contributed by atoms with Crippen LogP contribution in [0.1, 0.15) is 18.1 Å². The number of carbonyl (C=O) groups excluding carboxylic acids is 2. The van der Waals surface area contributed by atoms with E-state index in [-0.39, 0.29) is 0 Å². The monoisotopic (exact) mass is 310 g/mol. The van der Waals surface area contributed by atoms with Crippen molar-refractivity contribution in [2.24, 2.45) is 0 Å². The number of hydrogen-bond donors (Lipinski definition) is 2. The number of para-hydroxylation sites is 2. The number of hydrogen-bond acceptors (Lipinski definition) is 3. The molecule has 2 amide bonds. The molecular formula is C18H18N2O3. The van der Waals surface area contributed by atoms with Crippen LogP contribution in [-0.4, -0.2) is 17.4 Å². The van der Waals surface area contributed by atoms with Crippen LogP contribution in [0, 0.1) is 6.92 Å². The molecule has 0 saturated heterocycles. The Morgan fingerprint density at radius 1 is 1.17 bits per heavy atom. The topological polar surface area (TPSA) is 67.4 Å². The highest BCUT2D eigenvalue weighted by Crippen LogP contribution is 2.33. The van der Waals surface area contributed by atoms with Crippen LogP contribution in [0.2, 0.25) is 0 Å². The van der Waals surface area contributed by atoms with E-state index < -0.39 is 17.4 Å². The Kier molecular flexibility index (Phi) is 3.78. The van der Waals surface area contributed by atoms with Gasteiger partial charge in [-0.3, -0.25) is 9.59 Å². The first-order valence-corrected chi connectivity index (χ1v) is 7.43. The molecule has 5 heteroatoms. The van der Waals surface area contributed by atoms with E-state index in [2.05, 4.69) is 10.6 Å². The fraction of sp³-hybridized carbons (Fsp3) is 0.222. The third kappa shape index (κ3) is 2.77. The number of benzene rings is 2. The van der Waals surface area contributed by atoms with Crippen LogP contribution in [0.25, 0.3) is 0 Å². The number of nitrogens with one attached hydrogen (secondary N) is 2. The highest BCUT2D eigenvalue weighted by Gasteiger charge is 2.47. The summed E-state index contributed by atoms with van der Waals surface area (Å²) in [4.78, 5) is 24.8. The second-order valence-corrected chi connectivity index (χ2v) is 5.69. The summed E-state index contributed by atoms with van der Waals surface area (Å²) in [5.74, 6) is -0.452. The lowest BCUT2D eigenvalue weighted by Gasteiger charge is -2.33. The molecular weight excluding hydrogens is 292 g/mol. The molecule has 1 aliphatic heterocycles. The molecule has 0 spiro atoms. The summed E-state index contributed by atoms with van der Waals surface area (Å²) < 4.78 is 5.69. The second kappa shape index (κ2) is 5.76. The van der Waals surface area contributed by atoms with Crippen molar-refractivity contribution in [2.75, 3.05) is 5.32 Å². The average Bonchev–Trinajstić information content (AvgIpc) is 2.55. The van der Waals surface area contributed by atoms with Crippen molar-refractivity contribution in [2.45, 2.75) is 26.0 Å². The van der Waals surface area contributed by atoms with Crippen molar-refractivity contribution >= 4 is 17.5 Å². The highest BCUT2D eigenvalue weighted by atomic mass is 16.5. The van der Waals surface area contributed by atoms with E-state index in [0.717, 1.165) is 11.1 Å². The molecule has 118 valence electrons. The zero-order valence-corrected chi connectivity index (χ0v) is 13.1. The van der Waals surface area contributed by atoms with Crippen molar-refractivity contribution in [3.63, 3.8) is 0 Å². The van der Waals surface area contributed by atoms with E-state index >= 15 is 0 Å². The summed E-state index contributed by atoms with van der Waals surface area (Å²) in [6, 6.07) is 14.8. The molecule has 0 fully saturated rings. The Morgan fingerprint density at radius 2 is 1.87 bits per heavy atom. The fourth-order valence-corrected chi connectivity index (χ4v) is 2.47. The Balaban J connectivity index is 1.76. The molecule has 0 aromatic heterocycles. The number of amides is 2. The number of fused-ring (bicyclic) bond motifs is 1. The van der Waals surface area contributed by atoms with Crippen LogP contribution in [0.3, 0.4) is 0 Å². The number of ether oxygens (including phenoxy) is 1. The van der Waals surface area contributed by atoms with Gasteiger partial charge in [0.15, 0.2) is 0 Å². The number of rotatable bonds is 3. The Bertz CT molecular complexity index is 772. The molecule has 0 aliphatic carbocycles.